The first kappa shape index (κ1) is 16.4. The smallest absolute Gasteiger partial charge is 0.333 e. The van der Waals surface area contributed by atoms with Crippen LogP contribution in [0, 0.1) is 11.7 Å². The van der Waals surface area contributed by atoms with Crippen LogP contribution in [-0.2, 0) is 12.7 Å². The fraction of sp³-hybridized carbons (Fsp3) is 0.294. The number of hydrogen-bond donors (Lipinski definition) is 0. The van der Waals surface area contributed by atoms with Crippen molar-refractivity contribution in [2.24, 2.45) is 10.9 Å². The first-order valence-corrected chi connectivity index (χ1v) is 7.46. The van der Waals surface area contributed by atoms with Gasteiger partial charge in [0.2, 0.25) is 0 Å². The van der Waals surface area contributed by atoms with Gasteiger partial charge in [-0.25, -0.2) is 4.39 Å². The molecule has 3 rings (SSSR count). The summed E-state index contributed by atoms with van der Waals surface area (Å²) in [5.74, 6) is -2.11. The molecule has 0 radical (unpaired) electrons. The number of halogens is 4. The van der Waals surface area contributed by atoms with E-state index in [-0.39, 0.29) is 0 Å². The van der Waals surface area contributed by atoms with Crippen molar-refractivity contribution in [3.05, 3.63) is 65.0 Å². The monoisotopic (exact) mass is 338 g/mol. The van der Waals surface area contributed by atoms with Crippen LogP contribution < -0.4 is 5.49 Å². The number of hydrogen-bond acceptors (Lipinski definition) is 1. The maximum absolute atomic E-state index is 14.0. The summed E-state index contributed by atoms with van der Waals surface area (Å²) in [6.07, 6.45) is -0.930. The summed E-state index contributed by atoms with van der Waals surface area (Å²) in [5, 5.41) is 0. The lowest BCUT2D eigenvalue weighted by Crippen LogP contribution is -2.23. The molecular formula is C17H14F4N2O. The van der Waals surface area contributed by atoms with E-state index < -0.39 is 29.0 Å². The Morgan fingerprint density at radius 1 is 1.17 bits per heavy atom. The SMILES string of the molecule is O=C(/N=c1\ccccn1CC1CC1)c1cccc(C(F)(F)F)c1F. The third-order valence-corrected chi connectivity index (χ3v) is 3.82. The average molecular weight is 338 g/mol. The van der Waals surface area contributed by atoms with Gasteiger partial charge in [-0.1, -0.05) is 12.1 Å². The minimum absolute atomic E-state index is 0.297. The summed E-state index contributed by atoms with van der Waals surface area (Å²) in [7, 11) is 0. The summed E-state index contributed by atoms with van der Waals surface area (Å²) >= 11 is 0. The van der Waals surface area contributed by atoms with Gasteiger partial charge in [0.05, 0.1) is 11.1 Å². The van der Waals surface area contributed by atoms with Crippen LogP contribution in [0.25, 0.3) is 0 Å². The van der Waals surface area contributed by atoms with Gasteiger partial charge in [-0.3, -0.25) is 4.79 Å². The Balaban J connectivity index is 1.99. The molecule has 1 amide bonds. The minimum atomic E-state index is -4.86. The fourth-order valence-electron chi connectivity index (χ4n) is 2.38. The van der Waals surface area contributed by atoms with Crippen molar-refractivity contribution in [2.75, 3.05) is 0 Å². The molecule has 1 saturated carbocycles. The Hall–Kier alpha value is -2.44. The predicted molar refractivity (Wildman–Crippen MR) is 78.5 cm³/mol. The number of alkyl halides is 3. The molecule has 126 valence electrons. The van der Waals surface area contributed by atoms with E-state index in [0.29, 0.717) is 24.0 Å². The van der Waals surface area contributed by atoms with E-state index in [1.165, 1.54) is 0 Å². The van der Waals surface area contributed by atoms with Crippen molar-refractivity contribution in [3.8, 4) is 0 Å². The van der Waals surface area contributed by atoms with Crippen molar-refractivity contribution in [3.63, 3.8) is 0 Å². The number of amides is 1. The topological polar surface area (TPSA) is 34.4 Å². The Morgan fingerprint density at radius 3 is 2.58 bits per heavy atom. The van der Waals surface area contributed by atoms with E-state index in [4.69, 9.17) is 0 Å². The van der Waals surface area contributed by atoms with Gasteiger partial charge in [-0.2, -0.15) is 18.2 Å². The molecule has 1 aromatic carbocycles. The van der Waals surface area contributed by atoms with Gasteiger partial charge in [0.25, 0.3) is 5.91 Å². The quantitative estimate of drug-likeness (QED) is 0.784. The zero-order chi connectivity index (χ0) is 17.3. The van der Waals surface area contributed by atoms with Crippen LogP contribution in [0.5, 0.6) is 0 Å². The van der Waals surface area contributed by atoms with Gasteiger partial charge >= 0.3 is 6.18 Å². The van der Waals surface area contributed by atoms with E-state index >= 15 is 0 Å². The van der Waals surface area contributed by atoms with E-state index in [0.717, 1.165) is 25.0 Å². The van der Waals surface area contributed by atoms with Crippen LogP contribution in [0.2, 0.25) is 0 Å². The molecule has 0 spiro atoms. The number of carbonyl (C=O) groups excluding carboxylic acids is 1. The Labute approximate surface area is 135 Å². The van der Waals surface area contributed by atoms with Gasteiger partial charge in [0.1, 0.15) is 11.3 Å². The van der Waals surface area contributed by atoms with Crippen molar-refractivity contribution < 1.29 is 22.4 Å². The molecule has 1 aliphatic rings. The molecule has 3 nitrogen and oxygen atoms in total. The summed E-state index contributed by atoms with van der Waals surface area (Å²) in [5.41, 5.74) is -1.86. The van der Waals surface area contributed by atoms with Crippen LogP contribution in [0.4, 0.5) is 17.6 Å². The zero-order valence-corrected chi connectivity index (χ0v) is 12.6. The molecule has 0 saturated heterocycles. The van der Waals surface area contributed by atoms with Crippen LogP contribution in [-0.4, -0.2) is 10.5 Å². The second kappa shape index (κ2) is 6.22. The van der Waals surface area contributed by atoms with Crippen molar-refractivity contribution in [2.45, 2.75) is 25.6 Å². The average Bonchev–Trinajstić information content (AvgIpc) is 3.32. The second-order valence-corrected chi connectivity index (χ2v) is 5.74. The number of carbonyl (C=O) groups is 1. The molecule has 1 heterocycles. The number of nitrogens with zero attached hydrogens (tertiary/aromatic N) is 2. The Bertz CT molecular complexity index is 835. The zero-order valence-electron chi connectivity index (χ0n) is 12.6. The molecule has 0 bridgehead atoms. The van der Waals surface area contributed by atoms with Gasteiger partial charge < -0.3 is 4.57 Å². The Kier molecular flexibility index (Phi) is 4.26. The highest BCUT2D eigenvalue weighted by molar-refractivity contribution is 5.95. The largest absolute Gasteiger partial charge is 0.419 e. The van der Waals surface area contributed by atoms with Crippen molar-refractivity contribution >= 4 is 5.91 Å². The highest BCUT2D eigenvalue weighted by Gasteiger charge is 2.35. The molecule has 0 unspecified atom stereocenters. The number of rotatable bonds is 3. The molecule has 7 heteroatoms. The lowest BCUT2D eigenvalue weighted by molar-refractivity contribution is -0.140. The first-order chi connectivity index (χ1) is 11.4. The van der Waals surface area contributed by atoms with E-state index in [2.05, 4.69) is 4.99 Å². The third-order valence-electron chi connectivity index (χ3n) is 3.82. The lowest BCUT2D eigenvalue weighted by Gasteiger charge is -2.09. The van der Waals surface area contributed by atoms with E-state index in [9.17, 15) is 22.4 Å². The van der Waals surface area contributed by atoms with Gasteiger partial charge in [-0.15, -0.1) is 0 Å². The summed E-state index contributed by atoms with van der Waals surface area (Å²) in [4.78, 5) is 16.0. The van der Waals surface area contributed by atoms with Gasteiger partial charge in [0, 0.05) is 12.7 Å². The van der Waals surface area contributed by atoms with Crippen LogP contribution in [0.15, 0.2) is 47.6 Å². The Morgan fingerprint density at radius 2 is 1.92 bits per heavy atom. The maximum Gasteiger partial charge on any atom is 0.419 e. The standard InChI is InChI=1S/C17H14F4N2O/c18-15-12(4-3-5-13(15)17(19,20)21)16(24)22-14-6-1-2-9-23(14)10-11-7-8-11/h1-6,9,11H,7-8,10H2/b22-14+. The molecule has 0 N–H and O–H groups in total. The van der Waals surface area contributed by atoms with Crippen LogP contribution in [0.1, 0.15) is 28.8 Å². The fourth-order valence-corrected chi connectivity index (χ4v) is 2.38. The lowest BCUT2D eigenvalue weighted by atomic mass is 10.1. The van der Waals surface area contributed by atoms with Crippen molar-refractivity contribution in [1.29, 1.82) is 0 Å². The highest BCUT2D eigenvalue weighted by Crippen LogP contribution is 2.32. The third kappa shape index (κ3) is 3.55. The number of benzene rings is 1. The molecular weight excluding hydrogens is 324 g/mol. The minimum Gasteiger partial charge on any atom is -0.333 e. The molecule has 0 atom stereocenters. The maximum atomic E-state index is 14.0. The van der Waals surface area contributed by atoms with Gasteiger partial charge in [-0.05, 0) is 43.0 Å². The van der Waals surface area contributed by atoms with E-state index in [1.807, 2.05) is 0 Å². The van der Waals surface area contributed by atoms with Crippen LogP contribution >= 0.6 is 0 Å². The molecule has 0 aliphatic heterocycles. The molecule has 1 aromatic heterocycles. The summed E-state index contributed by atoms with van der Waals surface area (Å²) in [6.45, 7) is 0.679. The highest BCUT2D eigenvalue weighted by atomic mass is 19.4. The van der Waals surface area contributed by atoms with Gasteiger partial charge in [0.15, 0.2) is 0 Å². The van der Waals surface area contributed by atoms with Crippen LogP contribution in [0.3, 0.4) is 0 Å². The molecule has 1 aliphatic carbocycles. The number of aromatic nitrogens is 1. The summed E-state index contributed by atoms with van der Waals surface area (Å²) in [6, 6.07) is 7.62. The normalized spacial score (nSPS) is 15.6. The first-order valence-electron chi connectivity index (χ1n) is 7.46. The molecule has 24 heavy (non-hydrogen) atoms. The second-order valence-electron chi connectivity index (χ2n) is 5.74. The van der Waals surface area contributed by atoms with Crippen molar-refractivity contribution in [1.82, 2.24) is 4.57 Å². The summed E-state index contributed by atoms with van der Waals surface area (Å²) < 4.78 is 54.0. The number of pyridine rings is 1. The molecule has 2 aromatic rings. The predicted octanol–water partition coefficient (Wildman–Crippen LogP) is 3.80. The molecule has 1 fully saturated rings. The van der Waals surface area contributed by atoms with E-state index in [1.54, 1.807) is 29.0 Å².